The number of carbonyl (C=O) groups is 2. The monoisotopic (exact) mass is 618 g/mol. The maximum Gasteiger partial charge on any atom is 0.293 e. The van der Waals surface area contributed by atoms with Crippen LogP contribution in [0.25, 0.3) is 6.08 Å². The number of halogens is 3. The lowest BCUT2D eigenvalue weighted by molar-refractivity contribution is -0.123. The Bertz CT molecular complexity index is 1510. The van der Waals surface area contributed by atoms with Crippen molar-refractivity contribution in [1.29, 1.82) is 0 Å². The van der Waals surface area contributed by atoms with Crippen molar-refractivity contribution in [2.45, 2.75) is 27.0 Å². The number of benzene rings is 3. The highest BCUT2D eigenvalue weighted by Gasteiger charge is 2.36. The van der Waals surface area contributed by atoms with Crippen LogP contribution in [0.4, 0.5) is 10.5 Å². The van der Waals surface area contributed by atoms with Gasteiger partial charge in [-0.25, -0.2) is 0 Å². The number of anilines is 1. The van der Waals surface area contributed by atoms with Crippen molar-refractivity contribution < 1.29 is 23.8 Å². The van der Waals surface area contributed by atoms with Crippen LogP contribution in [0.1, 0.15) is 30.5 Å². The summed E-state index contributed by atoms with van der Waals surface area (Å²) < 4.78 is 17.0. The summed E-state index contributed by atoms with van der Waals surface area (Å²) in [6.45, 7) is 6.10. The van der Waals surface area contributed by atoms with Crippen molar-refractivity contribution in [1.82, 2.24) is 4.90 Å². The maximum atomic E-state index is 13.3. The van der Waals surface area contributed by atoms with Gasteiger partial charge < -0.3 is 19.1 Å². The molecule has 2 amide bonds. The fourth-order valence-electron chi connectivity index (χ4n) is 4.38. The summed E-state index contributed by atoms with van der Waals surface area (Å²) in [6.07, 6.45) is 1.68. The SMILES string of the molecule is CCN(CC)c1ccc(/C=C2\SC(=O)N(Cc3cc4c(cc3Cl)OCO4)C2=O)c(OCc2ccc(Cl)cc2Cl)c1. The van der Waals surface area contributed by atoms with Gasteiger partial charge in [-0.05, 0) is 67.6 Å². The predicted octanol–water partition coefficient (Wildman–Crippen LogP) is 8.04. The highest BCUT2D eigenvalue weighted by Crippen LogP contribution is 2.40. The van der Waals surface area contributed by atoms with Gasteiger partial charge in [-0.15, -0.1) is 0 Å². The topological polar surface area (TPSA) is 68.3 Å². The molecule has 5 rings (SSSR count). The molecule has 1 saturated heterocycles. The van der Waals surface area contributed by atoms with E-state index in [1.807, 2.05) is 24.3 Å². The maximum absolute atomic E-state index is 13.3. The molecule has 2 heterocycles. The van der Waals surface area contributed by atoms with Crippen molar-refractivity contribution in [3.05, 3.63) is 85.2 Å². The van der Waals surface area contributed by atoms with Gasteiger partial charge in [-0.3, -0.25) is 14.5 Å². The van der Waals surface area contributed by atoms with Gasteiger partial charge in [0.2, 0.25) is 6.79 Å². The molecule has 3 aromatic rings. The predicted molar refractivity (Wildman–Crippen MR) is 160 cm³/mol. The molecule has 1 fully saturated rings. The van der Waals surface area contributed by atoms with Gasteiger partial charge in [0, 0.05) is 57.1 Å². The first kappa shape index (κ1) is 28.5. The molecule has 0 aromatic heterocycles. The Morgan fingerprint density at radius 1 is 0.950 bits per heavy atom. The lowest BCUT2D eigenvalue weighted by Crippen LogP contribution is -2.27. The van der Waals surface area contributed by atoms with Crippen molar-refractivity contribution in [2.24, 2.45) is 0 Å². The Morgan fingerprint density at radius 2 is 1.68 bits per heavy atom. The van der Waals surface area contributed by atoms with Crippen LogP contribution in [0, 0.1) is 0 Å². The molecule has 3 aromatic carbocycles. The normalized spacial score (nSPS) is 15.3. The molecule has 11 heteroatoms. The number of amides is 2. The van der Waals surface area contributed by atoms with Crippen LogP contribution in [0.3, 0.4) is 0 Å². The van der Waals surface area contributed by atoms with Gasteiger partial charge in [0.05, 0.1) is 11.4 Å². The highest BCUT2D eigenvalue weighted by molar-refractivity contribution is 8.18. The third-order valence-corrected chi connectivity index (χ3v) is 8.40. The zero-order valence-corrected chi connectivity index (χ0v) is 24.8. The number of fused-ring (bicyclic) bond motifs is 1. The van der Waals surface area contributed by atoms with Gasteiger partial charge in [0.1, 0.15) is 12.4 Å². The summed E-state index contributed by atoms with van der Waals surface area (Å²) in [5.41, 5.74) is 2.99. The van der Waals surface area contributed by atoms with E-state index in [2.05, 4.69) is 18.7 Å². The number of thioether (sulfide) groups is 1. The van der Waals surface area contributed by atoms with Crippen LogP contribution < -0.4 is 19.1 Å². The Morgan fingerprint density at radius 3 is 2.40 bits per heavy atom. The van der Waals surface area contributed by atoms with Crippen molar-refractivity contribution in [3.8, 4) is 17.2 Å². The summed E-state index contributed by atoms with van der Waals surface area (Å²) in [5, 5.41) is 1.03. The molecule has 0 bridgehead atoms. The van der Waals surface area contributed by atoms with E-state index in [-0.39, 0.29) is 30.1 Å². The quantitative estimate of drug-likeness (QED) is 0.225. The highest BCUT2D eigenvalue weighted by atomic mass is 35.5. The van der Waals surface area contributed by atoms with Gasteiger partial charge in [-0.1, -0.05) is 40.9 Å². The molecule has 0 saturated carbocycles. The van der Waals surface area contributed by atoms with Gasteiger partial charge in [-0.2, -0.15) is 0 Å². The first-order valence-corrected chi connectivity index (χ1v) is 14.5. The van der Waals surface area contributed by atoms with Crippen molar-refractivity contribution in [3.63, 3.8) is 0 Å². The summed E-state index contributed by atoms with van der Waals surface area (Å²) >= 11 is 19.7. The van der Waals surface area contributed by atoms with E-state index in [4.69, 9.17) is 49.0 Å². The van der Waals surface area contributed by atoms with E-state index in [9.17, 15) is 9.59 Å². The minimum absolute atomic E-state index is 0.0107. The summed E-state index contributed by atoms with van der Waals surface area (Å²) in [7, 11) is 0. The van der Waals surface area contributed by atoms with E-state index in [1.54, 1.807) is 30.3 Å². The van der Waals surface area contributed by atoms with Crippen LogP contribution in [-0.2, 0) is 17.9 Å². The lowest BCUT2D eigenvalue weighted by Gasteiger charge is -2.22. The summed E-state index contributed by atoms with van der Waals surface area (Å²) in [5.74, 6) is 1.20. The average Bonchev–Trinajstić information content (AvgIpc) is 3.49. The Balaban J connectivity index is 1.42. The van der Waals surface area contributed by atoms with E-state index in [0.29, 0.717) is 43.4 Å². The number of carbonyl (C=O) groups excluding carboxylic acids is 2. The molecular weight excluding hydrogens is 595 g/mol. The zero-order valence-electron chi connectivity index (χ0n) is 21.7. The Kier molecular flexibility index (Phi) is 8.71. The zero-order chi connectivity index (χ0) is 28.4. The fraction of sp³-hybridized carbons (Fsp3) is 0.241. The van der Waals surface area contributed by atoms with Crippen LogP contribution in [0.5, 0.6) is 17.2 Å². The first-order valence-electron chi connectivity index (χ1n) is 12.6. The van der Waals surface area contributed by atoms with E-state index < -0.39 is 5.91 Å². The molecule has 0 N–H and O–H groups in total. The van der Waals surface area contributed by atoms with Gasteiger partial charge in [0.15, 0.2) is 11.5 Å². The molecule has 2 aliphatic heterocycles. The summed E-state index contributed by atoms with van der Waals surface area (Å²) in [6, 6.07) is 14.3. The van der Waals surface area contributed by atoms with E-state index in [0.717, 1.165) is 41.0 Å². The molecule has 0 unspecified atom stereocenters. The van der Waals surface area contributed by atoms with Crippen LogP contribution in [-0.4, -0.2) is 35.9 Å². The minimum Gasteiger partial charge on any atom is -0.488 e. The molecule has 0 aliphatic carbocycles. The number of ether oxygens (including phenoxy) is 3. The molecule has 0 spiro atoms. The number of rotatable bonds is 9. The minimum atomic E-state index is -0.414. The molecule has 7 nitrogen and oxygen atoms in total. The molecule has 0 atom stereocenters. The van der Waals surface area contributed by atoms with Crippen LogP contribution in [0.2, 0.25) is 15.1 Å². The fourth-order valence-corrected chi connectivity index (χ4v) is 5.88. The van der Waals surface area contributed by atoms with Gasteiger partial charge >= 0.3 is 0 Å². The average molecular weight is 620 g/mol. The largest absolute Gasteiger partial charge is 0.488 e. The molecular formula is C29H25Cl3N2O5S. The van der Waals surface area contributed by atoms with E-state index >= 15 is 0 Å². The number of hydrogen-bond donors (Lipinski definition) is 0. The van der Waals surface area contributed by atoms with Crippen molar-refractivity contribution in [2.75, 3.05) is 24.8 Å². The molecule has 208 valence electrons. The molecule has 0 radical (unpaired) electrons. The second-order valence-corrected chi connectivity index (χ2v) is 11.2. The lowest BCUT2D eigenvalue weighted by atomic mass is 10.1. The van der Waals surface area contributed by atoms with Gasteiger partial charge in [0.25, 0.3) is 11.1 Å². The third-order valence-electron chi connectivity index (χ3n) is 6.55. The standard InChI is InChI=1S/C29H25Cl3N2O5S/c1-3-33(4-2)21-8-6-17(24(12-21)37-15-18-5-7-20(30)11-22(18)31)10-27-28(35)34(29(36)40-27)14-19-9-25-26(13-23(19)32)39-16-38-25/h5-13H,3-4,14-16H2,1-2H3/b27-10-. The number of hydrogen-bond acceptors (Lipinski definition) is 7. The Labute approximate surface area is 251 Å². The Hall–Kier alpha value is -3.04. The smallest absolute Gasteiger partial charge is 0.293 e. The molecule has 2 aliphatic rings. The summed E-state index contributed by atoms with van der Waals surface area (Å²) in [4.78, 5) is 29.9. The number of nitrogens with zero attached hydrogens (tertiary/aromatic N) is 2. The second-order valence-electron chi connectivity index (χ2n) is 8.98. The van der Waals surface area contributed by atoms with E-state index in [1.165, 1.54) is 0 Å². The molecule has 40 heavy (non-hydrogen) atoms. The van der Waals surface area contributed by atoms with Crippen LogP contribution in [0.15, 0.2) is 53.4 Å². The van der Waals surface area contributed by atoms with Crippen LogP contribution >= 0.6 is 46.6 Å². The third kappa shape index (κ3) is 6.00. The second kappa shape index (κ2) is 12.2. The number of imide groups is 1. The van der Waals surface area contributed by atoms with Crippen molar-refractivity contribution >= 4 is 69.5 Å². The first-order chi connectivity index (χ1) is 19.3.